The van der Waals surface area contributed by atoms with Crippen LogP contribution in [0.25, 0.3) is 0 Å². The minimum absolute atomic E-state index is 0.0942. The van der Waals surface area contributed by atoms with Gasteiger partial charge in [-0.3, -0.25) is 4.79 Å². The number of hydrogen-bond donors (Lipinski definition) is 1. The molecule has 0 aromatic carbocycles. The first-order chi connectivity index (χ1) is 9.62. The average Bonchev–Trinajstić information content (AvgIpc) is 2.74. The molecule has 1 aromatic rings. The van der Waals surface area contributed by atoms with E-state index < -0.39 is 0 Å². The molecule has 1 aliphatic carbocycles. The number of carbonyl (C=O) groups excluding carboxylic acids is 1. The van der Waals surface area contributed by atoms with Gasteiger partial charge in [-0.05, 0) is 25.7 Å². The lowest BCUT2D eigenvalue weighted by atomic mass is 9.85. The second kappa shape index (κ2) is 6.48. The third kappa shape index (κ3) is 2.77. The normalized spacial score (nSPS) is 14.9. The van der Waals surface area contributed by atoms with Crippen LogP contribution in [0.5, 0.6) is 5.75 Å². The molecule has 0 amide bonds. The summed E-state index contributed by atoms with van der Waals surface area (Å²) in [5.41, 5.74) is 6.60. The maximum absolute atomic E-state index is 12.0. The summed E-state index contributed by atoms with van der Waals surface area (Å²) < 4.78 is 5.46. The van der Waals surface area contributed by atoms with E-state index in [4.69, 9.17) is 10.5 Å². The van der Waals surface area contributed by atoms with Gasteiger partial charge in [0.2, 0.25) is 0 Å². The maximum atomic E-state index is 12.0. The third-order valence-corrected chi connectivity index (χ3v) is 5.32. The fraction of sp³-hybridized carbons (Fsp3) is 0.667. The molecule has 0 bridgehead atoms. The van der Waals surface area contributed by atoms with Crippen molar-refractivity contribution >= 4 is 27.8 Å². The summed E-state index contributed by atoms with van der Waals surface area (Å²) in [6.45, 7) is 5.94. The quantitative estimate of drug-likeness (QED) is 0.782. The number of thiophene rings is 1. The zero-order valence-electron chi connectivity index (χ0n) is 12.6. The molecule has 1 saturated carbocycles. The third-order valence-electron chi connectivity index (χ3n) is 4.03. The Hall–Kier alpha value is -1.23. The Morgan fingerprint density at radius 3 is 2.60 bits per heavy atom. The summed E-state index contributed by atoms with van der Waals surface area (Å²) in [6, 6.07) is 0. The highest BCUT2D eigenvalue weighted by molar-refractivity contribution is 7.19. The molecule has 5 heteroatoms. The van der Waals surface area contributed by atoms with E-state index in [1.807, 2.05) is 6.92 Å². The van der Waals surface area contributed by atoms with Crippen molar-refractivity contribution < 1.29 is 9.53 Å². The Labute approximate surface area is 124 Å². The number of methoxy groups -OCH3 is 1. The first kappa shape index (κ1) is 15.2. The lowest BCUT2D eigenvalue weighted by molar-refractivity contribution is 0.0992. The van der Waals surface area contributed by atoms with Crippen LogP contribution >= 0.6 is 11.3 Å². The molecule has 4 nitrogen and oxygen atoms in total. The Balaban J connectivity index is 2.30. The van der Waals surface area contributed by atoms with Crippen LogP contribution in [0.15, 0.2) is 0 Å². The lowest BCUT2D eigenvalue weighted by Crippen LogP contribution is -2.32. The lowest BCUT2D eigenvalue weighted by Gasteiger charge is -2.32. The van der Waals surface area contributed by atoms with Gasteiger partial charge in [0.1, 0.15) is 5.00 Å². The molecule has 2 N–H and O–H groups in total. The van der Waals surface area contributed by atoms with Crippen LogP contribution in [-0.2, 0) is 0 Å². The van der Waals surface area contributed by atoms with Crippen molar-refractivity contribution in [2.75, 3.05) is 30.8 Å². The topological polar surface area (TPSA) is 55.6 Å². The van der Waals surface area contributed by atoms with Gasteiger partial charge in [-0.1, -0.05) is 13.3 Å². The smallest absolute Gasteiger partial charge is 0.177 e. The predicted octanol–water partition coefficient (Wildman–Crippen LogP) is 3.56. The molecule has 0 aliphatic heterocycles. The molecule has 1 fully saturated rings. The van der Waals surface area contributed by atoms with Gasteiger partial charge in [-0.2, -0.15) is 0 Å². The van der Waals surface area contributed by atoms with Crippen LogP contribution < -0.4 is 15.4 Å². The van der Waals surface area contributed by atoms with Crippen LogP contribution in [0.2, 0.25) is 0 Å². The predicted molar refractivity (Wildman–Crippen MR) is 85.1 cm³/mol. The first-order valence-corrected chi connectivity index (χ1v) is 8.18. The fourth-order valence-corrected chi connectivity index (χ4v) is 3.80. The number of nitrogen functional groups attached to an aromatic ring is 1. The highest BCUT2D eigenvalue weighted by Gasteiger charge is 2.27. The van der Waals surface area contributed by atoms with Crippen molar-refractivity contribution in [2.24, 2.45) is 5.92 Å². The second-order valence-electron chi connectivity index (χ2n) is 5.30. The van der Waals surface area contributed by atoms with E-state index in [0.29, 0.717) is 22.7 Å². The van der Waals surface area contributed by atoms with E-state index in [2.05, 4.69) is 11.8 Å². The van der Waals surface area contributed by atoms with Gasteiger partial charge in [0.05, 0.1) is 17.7 Å². The minimum Gasteiger partial charge on any atom is -0.492 e. The van der Waals surface area contributed by atoms with Crippen LogP contribution in [0.1, 0.15) is 49.2 Å². The Bertz CT molecular complexity index is 480. The van der Waals surface area contributed by atoms with E-state index in [9.17, 15) is 4.79 Å². The molecule has 1 aliphatic rings. The van der Waals surface area contributed by atoms with Crippen LogP contribution in [0.3, 0.4) is 0 Å². The van der Waals surface area contributed by atoms with E-state index in [1.165, 1.54) is 30.6 Å². The summed E-state index contributed by atoms with van der Waals surface area (Å²) in [6.07, 6.45) is 4.43. The van der Waals surface area contributed by atoms with Gasteiger partial charge in [0.25, 0.3) is 0 Å². The molecule has 2 rings (SSSR count). The zero-order chi connectivity index (χ0) is 14.7. The van der Waals surface area contributed by atoms with Gasteiger partial charge in [-0.15, -0.1) is 11.3 Å². The van der Waals surface area contributed by atoms with Crippen LogP contribution in [0, 0.1) is 5.92 Å². The van der Waals surface area contributed by atoms with Crippen molar-refractivity contribution in [2.45, 2.75) is 39.5 Å². The summed E-state index contributed by atoms with van der Waals surface area (Å²) in [7, 11) is 1.62. The number of nitrogens with two attached hydrogens (primary N) is 1. The summed E-state index contributed by atoms with van der Waals surface area (Å²) in [4.78, 5) is 14.9. The second-order valence-corrected chi connectivity index (χ2v) is 6.29. The first-order valence-electron chi connectivity index (χ1n) is 7.36. The number of hydrogen-bond acceptors (Lipinski definition) is 5. The Morgan fingerprint density at radius 2 is 2.15 bits per heavy atom. The molecule has 1 aromatic heterocycles. The highest BCUT2D eigenvalue weighted by atomic mass is 32.1. The van der Waals surface area contributed by atoms with Gasteiger partial charge < -0.3 is 15.4 Å². The summed E-state index contributed by atoms with van der Waals surface area (Å²) in [5.74, 6) is 1.54. The standard InChI is InChI=1S/C15H24N2O2S/c1-4-11(18)14-12(16)13(19-3)15(20-14)17(5-2)9-10-7-6-8-10/h10H,4-9,16H2,1-3H3. The van der Waals surface area contributed by atoms with Gasteiger partial charge in [0, 0.05) is 19.5 Å². The molecule has 0 saturated heterocycles. The molecule has 112 valence electrons. The van der Waals surface area contributed by atoms with Gasteiger partial charge in [-0.25, -0.2) is 0 Å². The van der Waals surface area contributed by atoms with E-state index in [1.54, 1.807) is 7.11 Å². The fourth-order valence-electron chi connectivity index (χ4n) is 2.53. The molecular weight excluding hydrogens is 272 g/mol. The maximum Gasteiger partial charge on any atom is 0.177 e. The number of nitrogens with zero attached hydrogens (tertiary/aromatic N) is 1. The van der Waals surface area contributed by atoms with Crippen molar-refractivity contribution in [3.05, 3.63) is 4.88 Å². The largest absolute Gasteiger partial charge is 0.492 e. The van der Waals surface area contributed by atoms with Gasteiger partial charge >= 0.3 is 0 Å². The SMILES string of the molecule is CCC(=O)c1sc(N(CC)CC2CCC2)c(OC)c1N. The molecule has 1 heterocycles. The monoisotopic (exact) mass is 296 g/mol. The van der Waals surface area contributed by atoms with Gasteiger partial charge in [0.15, 0.2) is 11.5 Å². The van der Waals surface area contributed by atoms with E-state index in [0.717, 1.165) is 24.0 Å². The molecule has 20 heavy (non-hydrogen) atoms. The molecule has 0 spiro atoms. The van der Waals surface area contributed by atoms with Crippen LogP contribution in [-0.4, -0.2) is 26.0 Å². The van der Waals surface area contributed by atoms with Crippen molar-refractivity contribution in [3.8, 4) is 5.75 Å². The molecule has 0 unspecified atom stereocenters. The summed E-state index contributed by atoms with van der Waals surface area (Å²) >= 11 is 1.48. The van der Waals surface area contributed by atoms with E-state index in [-0.39, 0.29) is 5.78 Å². The molecule has 0 atom stereocenters. The average molecular weight is 296 g/mol. The van der Waals surface area contributed by atoms with E-state index >= 15 is 0 Å². The van der Waals surface area contributed by atoms with Crippen LogP contribution in [0.4, 0.5) is 10.7 Å². The number of Topliss-reactive ketones (excluding diaryl/α,β-unsaturated/α-hetero) is 1. The summed E-state index contributed by atoms with van der Waals surface area (Å²) in [5, 5.41) is 1.01. The van der Waals surface area contributed by atoms with Crippen molar-refractivity contribution in [3.63, 3.8) is 0 Å². The zero-order valence-corrected chi connectivity index (χ0v) is 13.4. The number of carbonyl (C=O) groups is 1. The number of ether oxygens (including phenoxy) is 1. The number of ketones is 1. The number of anilines is 2. The molecular formula is C15H24N2O2S. The Kier molecular flexibility index (Phi) is 4.91. The minimum atomic E-state index is 0.0942. The van der Waals surface area contributed by atoms with Crippen molar-refractivity contribution in [1.29, 1.82) is 0 Å². The Morgan fingerprint density at radius 1 is 1.45 bits per heavy atom. The highest BCUT2D eigenvalue weighted by Crippen LogP contribution is 2.46. The molecule has 0 radical (unpaired) electrons. The van der Waals surface area contributed by atoms with Crippen molar-refractivity contribution in [1.82, 2.24) is 0 Å². The number of rotatable bonds is 7.